The van der Waals surface area contributed by atoms with Crippen molar-refractivity contribution in [2.45, 2.75) is 19.3 Å². The Hall–Kier alpha value is -6.12. The summed E-state index contributed by atoms with van der Waals surface area (Å²) in [6.07, 6.45) is 0. The normalized spacial score (nSPS) is 13.3. The molecule has 0 unspecified atom stereocenters. The van der Waals surface area contributed by atoms with Gasteiger partial charge in [0.15, 0.2) is 5.82 Å². The molecule has 10 rings (SSSR count). The van der Waals surface area contributed by atoms with Crippen molar-refractivity contribution >= 4 is 43.1 Å². The summed E-state index contributed by atoms with van der Waals surface area (Å²) >= 11 is 0. The Labute approximate surface area is 285 Å². The second kappa shape index (κ2) is 10.4. The minimum Gasteiger partial charge on any atom is -0.228 e. The van der Waals surface area contributed by atoms with Crippen LogP contribution in [0.25, 0.3) is 88.1 Å². The van der Waals surface area contributed by atoms with E-state index in [0.717, 1.165) is 39.3 Å². The maximum atomic E-state index is 5.27. The molecule has 0 radical (unpaired) electrons. The fourth-order valence-corrected chi connectivity index (χ4v) is 8.24. The number of fused-ring (bicyclic) bond motifs is 11. The van der Waals surface area contributed by atoms with Crippen molar-refractivity contribution in [1.29, 1.82) is 0 Å². The number of rotatable bonds is 3. The van der Waals surface area contributed by atoms with E-state index in [-0.39, 0.29) is 5.41 Å². The summed E-state index contributed by atoms with van der Waals surface area (Å²) in [6.45, 7) is 4.75. The Kier molecular flexibility index (Phi) is 5.95. The molecule has 0 fully saturated rings. The van der Waals surface area contributed by atoms with Gasteiger partial charge in [-0.3, -0.25) is 0 Å². The van der Waals surface area contributed by atoms with E-state index in [0.29, 0.717) is 0 Å². The van der Waals surface area contributed by atoms with Crippen LogP contribution < -0.4 is 0 Å². The molecule has 2 nitrogen and oxygen atoms in total. The lowest BCUT2D eigenvalue weighted by Gasteiger charge is -2.23. The van der Waals surface area contributed by atoms with Gasteiger partial charge in [0, 0.05) is 22.1 Å². The second-order valence-electron chi connectivity index (χ2n) is 13.7. The van der Waals surface area contributed by atoms with Crippen LogP contribution in [-0.2, 0) is 5.41 Å². The molecule has 0 spiro atoms. The summed E-state index contributed by atoms with van der Waals surface area (Å²) < 4.78 is 0. The van der Waals surface area contributed by atoms with Crippen molar-refractivity contribution in [3.05, 3.63) is 169 Å². The Morgan fingerprint density at radius 3 is 1.37 bits per heavy atom. The third-order valence-electron chi connectivity index (χ3n) is 10.6. The first-order valence-corrected chi connectivity index (χ1v) is 17.0. The van der Waals surface area contributed by atoms with Crippen LogP contribution in [0.5, 0.6) is 0 Å². The maximum absolute atomic E-state index is 5.27. The molecule has 0 saturated heterocycles. The van der Waals surface area contributed by atoms with E-state index in [4.69, 9.17) is 9.97 Å². The molecular formula is C47H32N2. The monoisotopic (exact) mass is 624 g/mol. The molecule has 1 heterocycles. The molecule has 49 heavy (non-hydrogen) atoms. The van der Waals surface area contributed by atoms with Crippen LogP contribution in [0.4, 0.5) is 0 Å². The Balaban J connectivity index is 1.28. The summed E-state index contributed by atoms with van der Waals surface area (Å²) in [5.74, 6) is 0.744. The molecule has 9 aromatic rings. The number of hydrogen-bond acceptors (Lipinski definition) is 2. The molecule has 2 heteroatoms. The predicted molar refractivity (Wildman–Crippen MR) is 206 cm³/mol. The quantitative estimate of drug-likeness (QED) is 0.183. The van der Waals surface area contributed by atoms with E-state index < -0.39 is 0 Å². The number of aromatic nitrogens is 2. The lowest BCUT2D eigenvalue weighted by Crippen LogP contribution is -2.15. The highest BCUT2D eigenvalue weighted by Crippen LogP contribution is 2.55. The van der Waals surface area contributed by atoms with E-state index in [9.17, 15) is 0 Å². The van der Waals surface area contributed by atoms with Gasteiger partial charge in [-0.15, -0.1) is 0 Å². The van der Waals surface area contributed by atoms with Gasteiger partial charge in [-0.25, -0.2) is 9.97 Å². The second-order valence-corrected chi connectivity index (χ2v) is 13.7. The summed E-state index contributed by atoms with van der Waals surface area (Å²) in [5, 5.41) is 10.2. The molecule has 0 bridgehead atoms. The van der Waals surface area contributed by atoms with Crippen LogP contribution in [-0.4, -0.2) is 9.97 Å². The molecule has 0 atom stereocenters. The van der Waals surface area contributed by atoms with Gasteiger partial charge in [0.2, 0.25) is 0 Å². The van der Waals surface area contributed by atoms with Gasteiger partial charge in [0.25, 0.3) is 0 Å². The van der Waals surface area contributed by atoms with Crippen molar-refractivity contribution < 1.29 is 0 Å². The average molecular weight is 625 g/mol. The molecule has 1 aromatic heterocycles. The van der Waals surface area contributed by atoms with E-state index in [1.807, 2.05) is 12.1 Å². The molecule has 0 aliphatic heterocycles. The van der Waals surface area contributed by atoms with Gasteiger partial charge in [-0.2, -0.15) is 0 Å². The average Bonchev–Trinajstić information content (AvgIpc) is 3.39. The Bertz CT molecular complexity index is 2720. The molecule has 0 amide bonds. The fraction of sp³-hybridized carbons (Fsp3) is 0.0638. The van der Waals surface area contributed by atoms with Crippen LogP contribution in [0.3, 0.4) is 0 Å². The van der Waals surface area contributed by atoms with Crippen molar-refractivity contribution in [3.8, 4) is 45.0 Å². The largest absolute Gasteiger partial charge is 0.228 e. The first-order valence-electron chi connectivity index (χ1n) is 17.0. The van der Waals surface area contributed by atoms with Crippen LogP contribution in [0, 0.1) is 0 Å². The van der Waals surface area contributed by atoms with E-state index in [1.165, 1.54) is 60.0 Å². The molecular weight excluding hydrogens is 593 g/mol. The predicted octanol–water partition coefficient (Wildman–Crippen LogP) is 12.4. The summed E-state index contributed by atoms with van der Waals surface area (Å²) in [7, 11) is 0. The summed E-state index contributed by atoms with van der Waals surface area (Å²) in [6, 6.07) is 56.9. The Morgan fingerprint density at radius 1 is 0.367 bits per heavy atom. The molecule has 1 aliphatic carbocycles. The highest BCUT2D eigenvalue weighted by Gasteiger charge is 2.38. The van der Waals surface area contributed by atoms with Crippen molar-refractivity contribution in [2.24, 2.45) is 0 Å². The van der Waals surface area contributed by atoms with E-state index in [1.54, 1.807) is 0 Å². The Morgan fingerprint density at radius 2 is 0.816 bits per heavy atom. The van der Waals surface area contributed by atoms with E-state index >= 15 is 0 Å². The lowest BCUT2D eigenvalue weighted by atomic mass is 9.80. The minimum atomic E-state index is -0.232. The van der Waals surface area contributed by atoms with Gasteiger partial charge in [-0.1, -0.05) is 147 Å². The SMILES string of the molecule is CC1(C)c2cc3c4ccccc4c4ccccc4c3cc2-c2c1cc(-c1nc(-c3ccccc3)cc(-c3ccccc3)n1)c1ccccc21. The van der Waals surface area contributed by atoms with Crippen LogP contribution in [0.1, 0.15) is 25.0 Å². The molecule has 1 aliphatic rings. The van der Waals surface area contributed by atoms with Crippen LogP contribution in [0.2, 0.25) is 0 Å². The van der Waals surface area contributed by atoms with Gasteiger partial charge in [0.1, 0.15) is 0 Å². The maximum Gasteiger partial charge on any atom is 0.161 e. The summed E-state index contributed by atoms with van der Waals surface area (Å²) in [4.78, 5) is 10.5. The standard InChI is InChI=1S/C47H32N2/c1-47(2)41-26-38-34-22-12-10-20-32(34)31-19-9-11-21-33(31)37(38)25-40(41)45-36-24-14-13-23-35(36)39(27-42(45)47)46-48-43(29-15-5-3-6-16-29)28-44(49-46)30-17-7-4-8-18-30/h3-28H,1-2H3. The van der Waals surface area contributed by atoms with Gasteiger partial charge in [0.05, 0.1) is 11.4 Å². The highest BCUT2D eigenvalue weighted by atomic mass is 14.9. The smallest absolute Gasteiger partial charge is 0.161 e. The van der Waals surface area contributed by atoms with Crippen LogP contribution in [0.15, 0.2) is 158 Å². The van der Waals surface area contributed by atoms with Gasteiger partial charge in [-0.05, 0) is 89.6 Å². The first-order chi connectivity index (χ1) is 24.1. The zero-order valence-corrected chi connectivity index (χ0v) is 27.4. The van der Waals surface area contributed by atoms with E-state index in [2.05, 4.69) is 159 Å². The third kappa shape index (κ3) is 4.14. The third-order valence-corrected chi connectivity index (χ3v) is 10.6. The highest BCUT2D eigenvalue weighted by molar-refractivity contribution is 6.26. The van der Waals surface area contributed by atoms with Crippen molar-refractivity contribution in [2.75, 3.05) is 0 Å². The number of benzene rings is 8. The molecule has 8 aromatic carbocycles. The number of hydrogen-bond donors (Lipinski definition) is 0. The minimum absolute atomic E-state index is 0.232. The fourth-order valence-electron chi connectivity index (χ4n) is 8.24. The zero-order chi connectivity index (χ0) is 32.7. The van der Waals surface area contributed by atoms with Gasteiger partial charge < -0.3 is 0 Å². The number of nitrogens with zero attached hydrogens (tertiary/aromatic N) is 2. The van der Waals surface area contributed by atoms with Gasteiger partial charge >= 0.3 is 0 Å². The zero-order valence-electron chi connectivity index (χ0n) is 27.4. The van der Waals surface area contributed by atoms with Crippen molar-refractivity contribution in [3.63, 3.8) is 0 Å². The first kappa shape index (κ1) is 27.9. The summed E-state index contributed by atoms with van der Waals surface area (Å²) in [5.41, 5.74) is 10.1. The van der Waals surface area contributed by atoms with Crippen LogP contribution >= 0.6 is 0 Å². The molecule has 0 N–H and O–H groups in total. The van der Waals surface area contributed by atoms with Crippen molar-refractivity contribution in [1.82, 2.24) is 9.97 Å². The topological polar surface area (TPSA) is 25.8 Å². The molecule has 0 saturated carbocycles. The molecule has 230 valence electrons. The lowest BCUT2D eigenvalue weighted by molar-refractivity contribution is 0.662.